The van der Waals surface area contributed by atoms with Crippen LogP contribution in [0, 0.1) is 5.82 Å². The summed E-state index contributed by atoms with van der Waals surface area (Å²) in [6.07, 6.45) is 2.45. The second-order valence-electron chi connectivity index (χ2n) is 7.09. The van der Waals surface area contributed by atoms with E-state index in [0.29, 0.717) is 16.6 Å². The Bertz CT molecular complexity index is 717. The fraction of sp³-hybridized carbons (Fsp3) is 0.429. The predicted octanol–water partition coefficient (Wildman–Crippen LogP) is 4.58. The summed E-state index contributed by atoms with van der Waals surface area (Å²) < 4.78 is 19.9. The number of nitrogens with zero attached hydrogens (tertiary/aromatic N) is 2. The number of benzene rings is 2. The molecule has 5 heteroatoms. The second-order valence-corrected chi connectivity index (χ2v) is 7.50. The molecule has 0 amide bonds. The average Bonchev–Trinajstić information content (AvgIpc) is 2.63. The predicted molar refractivity (Wildman–Crippen MR) is 104 cm³/mol. The molecule has 26 heavy (non-hydrogen) atoms. The van der Waals surface area contributed by atoms with Crippen LogP contribution in [0.2, 0.25) is 5.02 Å². The maximum Gasteiger partial charge on any atom is 0.131 e. The van der Waals surface area contributed by atoms with Gasteiger partial charge in [-0.1, -0.05) is 35.9 Å². The first-order chi connectivity index (χ1) is 12.5. The number of likely N-dealkylation sites (tertiary alicyclic amines) is 1. The van der Waals surface area contributed by atoms with Gasteiger partial charge in [0.05, 0.1) is 5.02 Å². The average molecular weight is 377 g/mol. The highest BCUT2D eigenvalue weighted by Crippen LogP contribution is 2.26. The molecule has 1 heterocycles. The van der Waals surface area contributed by atoms with E-state index in [1.54, 1.807) is 12.1 Å². The third kappa shape index (κ3) is 4.76. The van der Waals surface area contributed by atoms with Crippen LogP contribution in [-0.4, -0.2) is 43.0 Å². The summed E-state index contributed by atoms with van der Waals surface area (Å²) in [7, 11) is 4.28. The van der Waals surface area contributed by atoms with Gasteiger partial charge in [0.2, 0.25) is 0 Å². The molecule has 1 aliphatic rings. The molecule has 140 valence electrons. The molecule has 0 spiro atoms. The molecular formula is C21H26ClFN2O. The van der Waals surface area contributed by atoms with Crippen molar-refractivity contribution in [3.05, 3.63) is 64.4 Å². The van der Waals surface area contributed by atoms with E-state index in [4.69, 9.17) is 16.3 Å². The van der Waals surface area contributed by atoms with Gasteiger partial charge in [-0.15, -0.1) is 0 Å². The largest absolute Gasteiger partial charge is 0.488 e. The monoisotopic (exact) mass is 376 g/mol. The zero-order chi connectivity index (χ0) is 18.5. The number of rotatable bonds is 6. The second kappa shape index (κ2) is 8.85. The van der Waals surface area contributed by atoms with Crippen molar-refractivity contribution in [1.29, 1.82) is 0 Å². The number of ether oxygens (including phenoxy) is 1. The maximum absolute atomic E-state index is 14.0. The van der Waals surface area contributed by atoms with E-state index in [0.717, 1.165) is 30.9 Å². The lowest BCUT2D eigenvalue weighted by Crippen LogP contribution is -2.44. The fourth-order valence-electron chi connectivity index (χ4n) is 3.43. The van der Waals surface area contributed by atoms with Crippen LogP contribution in [-0.2, 0) is 13.2 Å². The van der Waals surface area contributed by atoms with Crippen LogP contribution in [0.1, 0.15) is 24.0 Å². The number of likely N-dealkylation sites (N-methyl/N-ethyl adjacent to an activating group) is 1. The molecule has 0 aliphatic carbocycles. The number of hydrogen-bond acceptors (Lipinski definition) is 3. The lowest BCUT2D eigenvalue weighted by atomic mass is 10.0. The van der Waals surface area contributed by atoms with Crippen molar-refractivity contribution < 1.29 is 9.13 Å². The molecule has 0 N–H and O–H groups in total. The van der Waals surface area contributed by atoms with Gasteiger partial charge in [-0.25, -0.2) is 4.39 Å². The first-order valence-electron chi connectivity index (χ1n) is 9.07. The Morgan fingerprint density at radius 2 is 2.00 bits per heavy atom. The summed E-state index contributed by atoms with van der Waals surface area (Å²) in [6, 6.07) is 13.3. The van der Waals surface area contributed by atoms with Crippen molar-refractivity contribution in [2.45, 2.75) is 32.0 Å². The van der Waals surface area contributed by atoms with E-state index in [-0.39, 0.29) is 12.4 Å². The first kappa shape index (κ1) is 19.2. The van der Waals surface area contributed by atoms with E-state index in [1.165, 1.54) is 18.9 Å². The van der Waals surface area contributed by atoms with Crippen molar-refractivity contribution in [2.24, 2.45) is 0 Å². The number of halogens is 2. The Kier molecular flexibility index (Phi) is 6.52. The minimum absolute atomic E-state index is 0.128. The number of hydrogen-bond donors (Lipinski definition) is 0. The van der Waals surface area contributed by atoms with Crippen LogP contribution < -0.4 is 4.74 Å². The minimum atomic E-state index is -0.333. The summed E-state index contributed by atoms with van der Waals surface area (Å²) in [6.45, 7) is 3.12. The Labute approximate surface area is 160 Å². The summed E-state index contributed by atoms with van der Waals surface area (Å²) in [4.78, 5) is 4.77. The van der Waals surface area contributed by atoms with E-state index < -0.39 is 0 Å². The highest BCUT2D eigenvalue weighted by Gasteiger charge is 2.22. The third-order valence-electron chi connectivity index (χ3n) is 5.01. The number of piperidine rings is 1. The summed E-state index contributed by atoms with van der Waals surface area (Å²) in [5.41, 5.74) is 1.52. The Hall–Kier alpha value is -1.62. The molecule has 1 saturated heterocycles. The molecule has 2 aromatic rings. The molecule has 3 rings (SSSR count). The van der Waals surface area contributed by atoms with E-state index >= 15 is 0 Å². The molecule has 0 saturated carbocycles. The third-order valence-corrected chi connectivity index (χ3v) is 5.37. The molecule has 1 unspecified atom stereocenters. The normalized spacial score (nSPS) is 18.3. The topological polar surface area (TPSA) is 15.7 Å². The highest BCUT2D eigenvalue weighted by molar-refractivity contribution is 6.31. The molecule has 0 radical (unpaired) electrons. The van der Waals surface area contributed by atoms with E-state index in [1.807, 2.05) is 18.2 Å². The van der Waals surface area contributed by atoms with Gasteiger partial charge in [0.25, 0.3) is 0 Å². The minimum Gasteiger partial charge on any atom is -0.488 e. The molecule has 1 fully saturated rings. The lowest BCUT2D eigenvalue weighted by molar-refractivity contribution is 0.126. The zero-order valence-electron chi connectivity index (χ0n) is 15.4. The fourth-order valence-corrected chi connectivity index (χ4v) is 3.65. The van der Waals surface area contributed by atoms with Crippen LogP contribution in [0.3, 0.4) is 0 Å². The molecule has 0 aromatic heterocycles. The van der Waals surface area contributed by atoms with Gasteiger partial charge < -0.3 is 9.64 Å². The maximum atomic E-state index is 14.0. The zero-order valence-corrected chi connectivity index (χ0v) is 16.2. The molecule has 2 aromatic carbocycles. The van der Waals surface area contributed by atoms with Gasteiger partial charge in [-0.05, 0) is 51.7 Å². The van der Waals surface area contributed by atoms with Crippen LogP contribution in [0.15, 0.2) is 42.5 Å². The molecule has 1 atom stereocenters. The molecule has 0 bridgehead atoms. The molecular weight excluding hydrogens is 351 g/mol. The first-order valence-corrected chi connectivity index (χ1v) is 9.45. The lowest BCUT2D eigenvalue weighted by Gasteiger charge is -2.36. The smallest absolute Gasteiger partial charge is 0.131 e. The van der Waals surface area contributed by atoms with Crippen molar-refractivity contribution in [3.8, 4) is 5.75 Å². The van der Waals surface area contributed by atoms with Crippen molar-refractivity contribution in [2.75, 3.05) is 27.2 Å². The van der Waals surface area contributed by atoms with Crippen LogP contribution >= 0.6 is 11.6 Å². The molecule has 3 nitrogen and oxygen atoms in total. The van der Waals surface area contributed by atoms with Gasteiger partial charge >= 0.3 is 0 Å². The summed E-state index contributed by atoms with van der Waals surface area (Å²) in [5, 5.41) is 0.396. The van der Waals surface area contributed by atoms with Crippen molar-refractivity contribution in [3.63, 3.8) is 0 Å². The highest BCUT2D eigenvalue weighted by atomic mass is 35.5. The van der Waals surface area contributed by atoms with Crippen molar-refractivity contribution in [1.82, 2.24) is 9.80 Å². The Morgan fingerprint density at radius 3 is 2.77 bits per heavy atom. The van der Waals surface area contributed by atoms with Gasteiger partial charge in [0.15, 0.2) is 0 Å². The van der Waals surface area contributed by atoms with Crippen LogP contribution in [0.25, 0.3) is 0 Å². The summed E-state index contributed by atoms with van der Waals surface area (Å²) >= 11 is 6.10. The van der Waals surface area contributed by atoms with E-state index in [9.17, 15) is 4.39 Å². The Morgan fingerprint density at radius 1 is 1.19 bits per heavy atom. The van der Waals surface area contributed by atoms with Gasteiger partial charge in [0.1, 0.15) is 18.2 Å². The van der Waals surface area contributed by atoms with E-state index in [2.05, 4.69) is 30.0 Å². The molecule has 1 aliphatic heterocycles. The Balaban J connectivity index is 1.68. The van der Waals surface area contributed by atoms with Gasteiger partial charge in [-0.3, -0.25) is 4.90 Å². The summed E-state index contributed by atoms with van der Waals surface area (Å²) in [5.74, 6) is 0.457. The van der Waals surface area contributed by atoms with Crippen LogP contribution in [0.4, 0.5) is 4.39 Å². The number of para-hydroxylation sites is 1. The van der Waals surface area contributed by atoms with Gasteiger partial charge in [-0.2, -0.15) is 0 Å². The SMILES string of the molecule is CN(C)C1CCCN(Cc2ccccc2OCc2c(F)cccc2Cl)C1. The van der Waals surface area contributed by atoms with Crippen LogP contribution in [0.5, 0.6) is 5.75 Å². The quantitative estimate of drug-likeness (QED) is 0.733. The standard InChI is InChI=1S/C21H26ClFN2O/c1-24(2)17-8-6-12-25(14-17)13-16-7-3-4-11-21(16)26-15-18-19(22)9-5-10-20(18)23/h3-5,7,9-11,17H,6,8,12-15H2,1-2H3. The van der Waals surface area contributed by atoms with Crippen molar-refractivity contribution >= 4 is 11.6 Å². The van der Waals surface area contributed by atoms with Gasteiger partial charge in [0, 0.05) is 30.3 Å².